The van der Waals surface area contributed by atoms with Crippen LogP contribution in [0.5, 0.6) is 0 Å². The second kappa shape index (κ2) is 6.75. The summed E-state index contributed by atoms with van der Waals surface area (Å²) in [5.41, 5.74) is 1.57. The first-order valence-electron chi connectivity index (χ1n) is 7.83. The number of amides is 1. The molecule has 0 atom stereocenters. The average molecular weight is 308 g/mol. The lowest BCUT2D eigenvalue weighted by Crippen LogP contribution is -2.47. The van der Waals surface area contributed by atoms with Crippen LogP contribution in [0.15, 0.2) is 54.6 Å². The van der Waals surface area contributed by atoms with E-state index >= 15 is 0 Å². The SMILES string of the molecule is CN1CCN(C(=O)c2ccccc2C(=O)c2ccccc2)CC1. The largest absolute Gasteiger partial charge is 0.336 e. The molecule has 1 fully saturated rings. The molecular weight excluding hydrogens is 288 g/mol. The van der Waals surface area contributed by atoms with E-state index < -0.39 is 0 Å². The van der Waals surface area contributed by atoms with Gasteiger partial charge in [0.1, 0.15) is 0 Å². The second-order valence-corrected chi connectivity index (χ2v) is 5.84. The first kappa shape index (κ1) is 15.4. The molecule has 0 radical (unpaired) electrons. The zero-order valence-corrected chi connectivity index (χ0v) is 13.2. The first-order chi connectivity index (χ1) is 11.2. The standard InChI is InChI=1S/C19H20N2O2/c1-20-11-13-21(14-12-20)19(23)17-10-6-5-9-16(17)18(22)15-7-3-2-4-8-15/h2-10H,11-14H2,1H3. The summed E-state index contributed by atoms with van der Waals surface area (Å²) in [5.74, 6) is -0.165. The predicted octanol–water partition coefficient (Wildman–Crippen LogP) is 2.31. The molecule has 2 aromatic rings. The number of nitrogens with zero attached hydrogens (tertiary/aromatic N) is 2. The van der Waals surface area contributed by atoms with E-state index in [0.29, 0.717) is 29.8 Å². The van der Waals surface area contributed by atoms with Crippen molar-refractivity contribution in [2.45, 2.75) is 0 Å². The summed E-state index contributed by atoms with van der Waals surface area (Å²) in [6.07, 6.45) is 0. The van der Waals surface area contributed by atoms with Gasteiger partial charge in [-0.15, -0.1) is 0 Å². The minimum Gasteiger partial charge on any atom is -0.336 e. The van der Waals surface area contributed by atoms with Gasteiger partial charge in [-0.3, -0.25) is 9.59 Å². The molecule has 1 aliphatic rings. The zero-order valence-electron chi connectivity index (χ0n) is 13.2. The van der Waals surface area contributed by atoms with Gasteiger partial charge in [0.05, 0.1) is 5.56 Å². The van der Waals surface area contributed by atoms with Crippen LogP contribution in [0.2, 0.25) is 0 Å². The number of piperazine rings is 1. The summed E-state index contributed by atoms with van der Waals surface area (Å²) in [5, 5.41) is 0. The van der Waals surface area contributed by atoms with Crippen molar-refractivity contribution in [2.75, 3.05) is 33.2 Å². The Labute approximate surface area is 136 Å². The fraction of sp³-hybridized carbons (Fsp3) is 0.263. The van der Waals surface area contributed by atoms with Gasteiger partial charge in [0.2, 0.25) is 0 Å². The fourth-order valence-corrected chi connectivity index (χ4v) is 2.79. The lowest BCUT2D eigenvalue weighted by atomic mass is 9.97. The van der Waals surface area contributed by atoms with E-state index in [1.165, 1.54) is 0 Å². The zero-order chi connectivity index (χ0) is 16.2. The summed E-state index contributed by atoms with van der Waals surface area (Å²) in [6.45, 7) is 3.12. The van der Waals surface area contributed by atoms with Crippen molar-refractivity contribution >= 4 is 11.7 Å². The van der Waals surface area contributed by atoms with Crippen LogP contribution < -0.4 is 0 Å². The van der Waals surface area contributed by atoms with Gasteiger partial charge in [-0.25, -0.2) is 0 Å². The van der Waals surface area contributed by atoms with E-state index in [1.54, 1.807) is 30.3 Å². The summed E-state index contributed by atoms with van der Waals surface area (Å²) < 4.78 is 0. The van der Waals surface area contributed by atoms with Gasteiger partial charge in [-0.05, 0) is 13.1 Å². The Morgan fingerprint density at radius 2 is 1.35 bits per heavy atom. The number of carbonyl (C=O) groups excluding carboxylic acids is 2. The van der Waals surface area contributed by atoms with E-state index in [9.17, 15) is 9.59 Å². The summed E-state index contributed by atoms with van der Waals surface area (Å²) in [4.78, 5) is 29.6. The number of likely N-dealkylation sites (N-methyl/N-ethyl adjacent to an activating group) is 1. The average Bonchev–Trinajstić information content (AvgIpc) is 2.62. The van der Waals surface area contributed by atoms with E-state index in [4.69, 9.17) is 0 Å². The van der Waals surface area contributed by atoms with E-state index in [1.807, 2.05) is 29.2 Å². The Morgan fingerprint density at radius 3 is 2.00 bits per heavy atom. The lowest BCUT2D eigenvalue weighted by molar-refractivity contribution is 0.0661. The molecule has 1 saturated heterocycles. The van der Waals surface area contributed by atoms with Crippen LogP contribution >= 0.6 is 0 Å². The molecule has 23 heavy (non-hydrogen) atoms. The third-order valence-electron chi connectivity index (χ3n) is 4.23. The molecule has 4 nitrogen and oxygen atoms in total. The maximum atomic E-state index is 12.8. The predicted molar refractivity (Wildman–Crippen MR) is 89.7 cm³/mol. The first-order valence-corrected chi connectivity index (χ1v) is 7.83. The molecule has 0 saturated carbocycles. The highest BCUT2D eigenvalue weighted by molar-refractivity contribution is 6.15. The third kappa shape index (κ3) is 3.32. The quantitative estimate of drug-likeness (QED) is 0.817. The molecule has 0 bridgehead atoms. The van der Waals surface area contributed by atoms with Gasteiger partial charge in [0, 0.05) is 37.3 Å². The molecule has 1 amide bonds. The number of rotatable bonds is 3. The number of carbonyl (C=O) groups is 2. The molecule has 1 heterocycles. The highest BCUT2D eigenvalue weighted by Crippen LogP contribution is 2.17. The van der Waals surface area contributed by atoms with Gasteiger partial charge < -0.3 is 9.80 Å². The number of hydrogen-bond donors (Lipinski definition) is 0. The number of ketones is 1. The topological polar surface area (TPSA) is 40.6 Å². The molecule has 0 N–H and O–H groups in total. The van der Waals surface area contributed by atoms with Crippen LogP contribution in [0.4, 0.5) is 0 Å². The molecule has 0 aliphatic carbocycles. The van der Waals surface area contributed by atoms with Crippen LogP contribution in [0.25, 0.3) is 0 Å². The Kier molecular flexibility index (Phi) is 4.53. The van der Waals surface area contributed by atoms with Crippen molar-refractivity contribution in [1.82, 2.24) is 9.80 Å². The molecule has 0 spiro atoms. The Balaban J connectivity index is 1.89. The van der Waals surface area contributed by atoms with Crippen molar-refractivity contribution in [1.29, 1.82) is 0 Å². The van der Waals surface area contributed by atoms with Crippen LogP contribution in [0, 0.1) is 0 Å². The minimum absolute atomic E-state index is 0.0574. The van der Waals surface area contributed by atoms with E-state index in [0.717, 1.165) is 13.1 Å². The normalized spacial score (nSPS) is 15.4. The van der Waals surface area contributed by atoms with Crippen molar-refractivity contribution in [3.63, 3.8) is 0 Å². The van der Waals surface area contributed by atoms with Gasteiger partial charge in [0.15, 0.2) is 5.78 Å². The smallest absolute Gasteiger partial charge is 0.254 e. The van der Waals surface area contributed by atoms with Crippen LogP contribution in [0.3, 0.4) is 0 Å². The van der Waals surface area contributed by atoms with Crippen molar-refractivity contribution in [3.8, 4) is 0 Å². The Morgan fingerprint density at radius 1 is 0.783 bits per heavy atom. The third-order valence-corrected chi connectivity index (χ3v) is 4.23. The van der Waals surface area contributed by atoms with Crippen molar-refractivity contribution in [3.05, 3.63) is 71.3 Å². The lowest BCUT2D eigenvalue weighted by Gasteiger charge is -2.32. The molecule has 2 aromatic carbocycles. The molecular formula is C19H20N2O2. The highest BCUT2D eigenvalue weighted by Gasteiger charge is 2.24. The van der Waals surface area contributed by atoms with Gasteiger partial charge in [-0.2, -0.15) is 0 Å². The van der Waals surface area contributed by atoms with Gasteiger partial charge >= 0.3 is 0 Å². The van der Waals surface area contributed by atoms with E-state index in [-0.39, 0.29) is 11.7 Å². The number of hydrogen-bond acceptors (Lipinski definition) is 3. The Hall–Kier alpha value is -2.46. The summed E-state index contributed by atoms with van der Waals surface area (Å²) in [7, 11) is 2.05. The fourth-order valence-electron chi connectivity index (χ4n) is 2.79. The molecule has 0 aromatic heterocycles. The molecule has 0 unspecified atom stereocenters. The minimum atomic E-state index is -0.108. The second-order valence-electron chi connectivity index (χ2n) is 5.84. The van der Waals surface area contributed by atoms with E-state index in [2.05, 4.69) is 11.9 Å². The Bertz CT molecular complexity index is 704. The van der Waals surface area contributed by atoms with Gasteiger partial charge in [-0.1, -0.05) is 48.5 Å². The molecule has 3 rings (SSSR count). The van der Waals surface area contributed by atoms with Crippen LogP contribution in [-0.4, -0.2) is 54.7 Å². The summed E-state index contributed by atoms with van der Waals surface area (Å²) >= 11 is 0. The molecule has 1 aliphatic heterocycles. The molecule has 118 valence electrons. The van der Waals surface area contributed by atoms with Crippen molar-refractivity contribution in [2.24, 2.45) is 0 Å². The maximum absolute atomic E-state index is 12.8. The highest BCUT2D eigenvalue weighted by atomic mass is 16.2. The van der Waals surface area contributed by atoms with Gasteiger partial charge in [0.25, 0.3) is 5.91 Å². The maximum Gasteiger partial charge on any atom is 0.254 e. The monoisotopic (exact) mass is 308 g/mol. The summed E-state index contributed by atoms with van der Waals surface area (Å²) in [6, 6.07) is 16.2. The number of benzene rings is 2. The van der Waals surface area contributed by atoms with Crippen molar-refractivity contribution < 1.29 is 9.59 Å². The molecule has 4 heteroatoms. The van der Waals surface area contributed by atoms with Crippen LogP contribution in [0.1, 0.15) is 26.3 Å². The van der Waals surface area contributed by atoms with Crippen LogP contribution in [-0.2, 0) is 0 Å².